The molecule has 1 atom stereocenters. The molecule has 0 aromatic carbocycles. The molecule has 0 bridgehead atoms. The summed E-state index contributed by atoms with van der Waals surface area (Å²) >= 11 is 0. The van der Waals surface area contributed by atoms with Crippen molar-refractivity contribution in [1.29, 1.82) is 0 Å². The molecule has 0 amide bonds. The highest BCUT2D eigenvalue weighted by atomic mass is 16.4. The van der Waals surface area contributed by atoms with Gasteiger partial charge in [-0.1, -0.05) is 0 Å². The minimum Gasteiger partial charge on any atom is -0.480 e. The first kappa shape index (κ1) is 14.8. The van der Waals surface area contributed by atoms with E-state index in [2.05, 4.69) is 20.0 Å². The molecule has 22 heavy (non-hydrogen) atoms. The summed E-state index contributed by atoms with van der Waals surface area (Å²) in [5.74, 6) is -0.528. The Bertz CT molecular complexity index is 648. The van der Waals surface area contributed by atoms with Gasteiger partial charge in [-0.15, -0.1) is 0 Å². The highest BCUT2D eigenvalue weighted by molar-refractivity contribution is 5.66. The van der Waals surface area contributed by atoms with Crippen molar-refractivity contribution in [3.8, 4) is 0 Å². The van der Waals surface area contributed by atoms with Crippen LogP contribution < -0.4 is 0 Å². The van der Waals surface area contributed by atoms with Gasteiger partial charge in [0.1, 0.15) is 6.54 Å². The fourth-order valence-electron chi connectivity index (χ4n) is 3.15. The van der Waals surface area contributed by atoms with E-state index in [-0.39, 0.29) is 6.54 Å². The summed E-state index contributed by atoms with van der Waals surface area (Å²) in [6.45, 7) is 4.76. The van der Waals surface area contributed by atoms with Gasteiger partial charge in [0, 0.05) is 36.6 Å². The third kappa shape index (κ3) is 3.19. The van der Waals surface area contributed by atoms with Gasteiger partial charge in [0.2, 0.25) is 0 Å². The minimum atomic E-state index is -0.857. The highest BCUT2D eigenvalue weighted by Crippen LogP contribution is 2.27. The van der Waals surface area contributed by atoms with E-state index >= 15 is 0 Å². The number of nitrogens with one attached hydrogen (secondary N) is 1. The van der Waals surface area contributed by atoms with Crippen molar-refractivity contribution in [3.63, 3.8) is 0 Å². The number of likely N-dealkylation sites (tertiary alicyclic amines) is 1. The Hall–Kier alpha value is -2.15. The lowest BCUT2D eigenvalue weighted by Gasteiger charge is -2.32. The number of hydrogen-bond donors (Lipinski definition) is 2. The molecule has 1 fully saturated rings. The summed E-state index contributed by atoms with van der Waals surface area (Å²) in [7, 11) is 0. The Morgan fingerprint density at radius 1 is 1.55 bits per heavy atom. The lowest BCUT2D eigenvalue weighted by Crippen LogP contribution is -2.35. The van der Waals surface area contributed by atoms with Crippen LogP contribution in [0.25, 0.3) is 0 Å². The van der Waals surface area contributed by atoms with Gasteiger partial charge in [0.25, 0.3) is 0 Å². The number of carbonyl (C=O) groups is 1. The average molecular weight is 303 g/mol. The van der Waals surface area contributed by atoms with Gasteiger partial charge < -0.3 is 10.1 Å². The Kier molecular flexibility index (Phi) is 4.24. The van der Waals surface area contributed by atoms with Crippen LogP contribution in [-0.2, 0) is 17.9 Å². The Morgan fingerprint density at radius 2 is 2.41 bits per heavy atom. The Balaban J connectivity index is 1.69. The van der Waals surface area contributed by atoms with Crippen LogP contribution in [0.15, 0.2) is 18.6 Å². The molecule has 3 rings (SSSR count). The van der Waals surface area contributed by atoms with Crippen LogP contribution in [0.4, 0.5) is 0 Å². The van der Waals surface area contributed by atoms with Crippen LogP contribution in [0.3, 0.4) is 0 Å². The van der Waals surface area contributed by atoms with E-state index in [9.17, 15) is 4.79 Å². The lowest BCUT2D eigenvalue weighted by atomic mass is 9.94. The molecule has 0 spiro atoms. The molecule has 0 aliphatic carbocycles. The summed E-state index contributed by atoms with van der Waals surface area (Å²) in [6, 6.07) is 1.94. The van der Waals surface area contributed by atoms with Crippen LogP contribution in [0, 0.1) is 6.92 Å². The molecule has 2 N–H and O–H groups in total. The molecule has 7 nitrogen and oxygen atoms in total. The monoisotopic (exact) mass is 303 g/mol. The fraction of sp³-hybridized carbons (Fsp3) is 0.533. The predicted molar refractivity (Wildman–Crippen MR) is 80.4 cm³/mol. The second-order valence-corrected chi connectivity index (χ2v) is 5.86. The summed E-state index contributed by atoms with van der Waals surface area (Å²) in [4.78, 5) is 20.8. The number of aliphatic carboxylic acids is 1. The number of hydrogen-bond acceptors (Lipinski definition) is 4. The molecule has 1 unspecified atom stereocenters. The van der Waals surface area contributed by atoms with E-state index < -0.39 is 5.97 Å². The quantitative estimate of drug-likeness (QED) is 0.871. The Morgan fingerprint density at radius 3 is 3.14 bits per heavy atom. The van der Waals surface area contributed by atoms with Gasteiger partial charge in [-0.05, 0) is 32.4 Å². The average Bonchev–Trinajstić information content (AvgIpc) is 3.09. The number of H-pyrrole nitrogens is 1. The number of aromatic nitrogens is 4. The Labute approximate surface area is 129 Å². The van der Waals surface area contributed by atoms with Gasteiger partial charge in [-0.2, -0.15) is 5.10 Å². The molecule has 7 heteroatoms. The van der Waals surface area contributed by atoms with E-state index in [1.807, 2.05) is 13.0 Å². The van der Waals surface area contributed by atoms with Crippen LogP contribution in [-0.4, -0.2) is 48.8 Å². The maximum absolute atomic E-state index is 10.9. The zero-order valence-electron chi connectivity index (χ0n) is 12.7. The number of imidazole rings is 1. The van der Waals surface area contributed by atoms with Crippen molar-refractivity contribution < 1.29 is 9.90 Å². The van der Waals surface area contributed by atoms with Crippen molar-refractivity contribution in [1.82, 2.24) is 24.6 Å². The first-order chi connectivity index (χ1) is 10.6. The molecule has 0 saturated carbocycles. The van der Waals surface area contributed by atoms with E-state index in [0.717, 1.165) is 49.6 Å². The molecule has 2 aromatic heterocycles. The van der Waals surface area contributed by atoms with Crippen LogP contribution in [0.2, 0.25) is 0 Å². The van der Waals surface area contributed by atoms with Gasteiger partial charge in [0.05, 0.1) is 12.0 Å². The fourth-order valence-corrected chi connectivity index (χ4v) is 3.15. The largest absolute Gasteiger partial charge is 0.480 e. The highest BCUT2D eigenvalue weighted by Gasteiger charge is 2.25. The zero-order valence-corrected chi connectivity index (χ0v) is 12.7. The number of carboxylic acids is 1. The second kappa shape index (κ2) is 6.31. The van der Waals surface area contributed by atoms with E-state index in [1.165, 1.54) is 0 Å². The zero-order chi connectivity index (χ0) is 15.5. The van der Waals surface area contributed by atoms with Gasteiger partial charge >= 0.3 is 5.97 Å². The third-order valence-corrected chi connectivity index (χ3v) is 4.27. The van der Waals surface area contributed by atoms with Gasteiger partial charge in [0.15, 0.2) is 0 Å². The third-order valence-electron chi connectivity index (χ3n) is 4.27. The summed E-state index contributed by atoms with van der Waals surface area (Å²) < 4.78 is 1.61. The van der Waals surface area contributed by atoms with Crippen LogP contribution >= 0.6 is 0 Å². The number of aromatic amines is 1. The topological polar surface area (TPSA) is 87.0 Å². The number of piperidine rings is 1. The molecule has 1 aliphatic rings. The molecule has 3 heterocycles. The SMILES string of the molecule is Cc1[nH]cnc1CN1CCCC(c2ccnn2CC(=O)O)C1. The summed E-state index contributed by atoms with van der Waals surface area (Å²) in [6.07, 6.45) is 5.59. The lowest BCUT2D eigenvalue weighted by molar-refractivity contribution is -0.137. The van der Waals surface area contributed by atoms with Gasteiger partial charge in [-0.25, -0.2) is 4.98 Å². The van der Waals surface area contributed by atoms with Crippen molar-refractivity contribution >= 4 is 5.97 Å². The van der Waals surface area contributed by atoms with Crippen molar-refractivity contribution in [2.24, 2.45) is 0 Å². The van der Waals surface area contributed by atoms with E-state index in [0.29, 0.717) is 5.92 Å². The maximum atomic E-state index is 10.9. The number of aryl methyl sites for hydroxylation is 1. The van der Waals surface area contributed by atoms with Gasteiger partial charge in [-0.3, -0.25) is 14.4 Å². The van der Waals surface area contributed by atoms with E-state index in [4.69, 9.17) is 5.11 Å². The minimum absolute atomic E-state index is 0.0721. The summed E-state index contributed by atoms with van der Waals surface area (Å²) in [5, 5.41) is 13.1. The maximum Gasteiger partial charge on any atom is 0.325 e. The smallest absolute Gasteiger partial charge is 0.325 e. The van der Waals surface area contributed by atoms with Crippen molar-refractivity contribution in [2.75, 3.05) is 13.1 Å². The molecule has 118 valence electrons. The molecular formula is C15H21N5O2. The number of nitrogens with zero attached hydrogens (tertiary/aromatic N) is 4. The number of carboxylic acid groups (broad SMARTS) is 1. The van der Waals surface area contributed by atoms with E-state index in [1.54, 1.807) is 17.2 Å². The second-order valence-electron chi connectivity index (χ2n) is 5.86. The standard InChI is InChI=1S/C15H21N5O2/c1-11-13(17-10-16-11)8-19-6-2-3-12(7-19)14-4-5-18-20(14)9-15(21)22/h4-5,10,12H,2-3,6-9H2,1H3,(H,16,17)(H,21,22). The predicted octanol–water partition coefficient (Wildman–Crippen LogP) is 1.38. The van der Waals surface area contributed by atoms with Crippen LogP contribution in [0.1, 0.15) is 35.8 Å². The first-order valence-corrected chi connectivity index (χ1v) is 7.58. The molecule has 2 aromatic rings. The number of rotatable bonds is 5. The van der Waals surface area contributed by atoms with Crippen LogP contribution in [0.5, 0.6) is 0 Å². The first-order valence-electron chi connectivity index (χ1n) is 7.58. The molecule has 0 radical (unpaired) electrons. The summed E-state index contributed by atoms with van der Waals surface area (Å²) in [5.41, 5.74) is 3.21. The normalized spacial score (nSPS) is 19.4. The molecular weight excluding hydrogens is 282 g/mol. The molecule has 1 aliphatic heterocycles. The molecule has 1 saturated heterocycles. The van der Waals surface area contributed by atoms with Crippen molar-refractivity contribution in [3.05, 3.63) is 35.7 Å². The van der Waals surface area contributed by atoms with Crippen molar-refractivity contribution in [2.45, 2.75) is 38.8 Å².